The fraction of sp³-hybridized carbons (Fsp3) is 0.290. The summed E-state index contributed by atoms with van der Waals surface area (Å²) in [5.41, 5.74) is 5.25. The molecule has 1 amide bonds. The molecule has 1 aliphatic rings. The Morgan fingerprint density at radius 1 is 0.892 bits per heavy atom. The molecule has 1 unspecified atom stereocenters. The maximum absolute atomic E-state index is 13.7. The first-order chi connectivity index (χ1) is 17.6. The van der Waals surface area contributed by atoms with Crippen molar-refractivity contribution in [2.75, 3.05) is 19.1 Å². The molecule has 1 aliphatic heterocycles. The van der Waals surface area contributed by atoms with Crippen LogP contribution < -0.4 is 14.4 Å². The second-order valence-electron chi connectivity index (χ2n) is 9.69. The molecule has 1 heterocycles. The summed E-state index contributed by atoms with van der Waals surface area (Å²) < 4.78 is 11.2. The zero-order valence-corrected chi connectivity index (χ0v) is 22.4. The Kier molecular flexibility index (Phi) is 7.12. The molecule has 4 rings (SSSR count). The van der Waals surface area contributed by atoms with Crippen LogP contribution in [-0.2, 0) is 9.59 Å². The van der Waals surface area contributed by atoms with E-state index in [0.29, 0.717) is 28.3 Å². The van der Waals surface area contributed by atoms with Crippen LogP contribution in [0.3, 0.4) is 0 Å². The van der Waals surface area contributed by atoms with Gasteiger partial charge in [0.15, 0.2) is 0 Å². The van der Waals surface area contributed by atoms with Gasteiger partial charge in [-0.1, -0.05) is 44.2 Å². The third-order valence-electron chi connectivity index (χ3n) is 7.17. The van der Waals surface area contributed by atoms with Gasteiger partial charge in [0, 0.05) is 16.8 Å². The minimum Gasteiger partial charge on any atom is -0.507 e. The van der Waals surface area contributed by atoms with E-state index in [1.165, 1.54) is 4.90 Å². The van der Waals surface area contributed by atoms with E-state index in [9.17, 15) is 14.7 Å². The molecule has 0 spiro atoms. The number of amides is 1. The molecule has 192 valence electrons. The Balaban J connectivity index is 2.05. The SMILES string of the molecule is COc1cc(C)c(/C(O)=C2\C(=O)C(=O)N(c3cccc(C)c3C)C2c2ccccc2OC)cc1C(C)C. The average molecular weight is 500 g/mol. The lowest BCUT2D eigenvalue weighted by atomic mass is 9.90. The number of anilines is 1. The maximum Gasteiger partial charge on any atom is 0.300 e. The summed E-state index contributed by atoms with van der Waals surface area (Å²) in [5.74, 6) is -0.309. The molecule has 0 radical (unpaired) electrons. The number of benzene rings is 3. The molecule has 0 aliphatic carbocycles. The van der Waals surface area contributed by atoms with Crippen LogP contribution in [0, 0.1) is 20.8 Å². The van der Waals surface area contributed by atoms with Gasteiger partial charge in [-0.15, -0.1) is 0 Å². The van der Waals surface area contributed by atoms with Gasteiger partial charge in [-0.05, 0) is 73.2 Å². The van der Waals surface area contributed by atoms with Crippen LogP contribution in [0.1, 0.15) is 59.2 Å². The van der Waals surface area contributed by atoms with Crippen molar-refractivity contribution < 1.29 is 24.2 Å². The summed E-state index contributed by atoms with van der Waals surface area (Å²) in [6, 6.07) is 15.7. The van der Waals surface area contributed by atoms with Gasteiger partial charge in [0.25, 0.3) is 11.7 Å². The van der Waals surface area contributed by atoms with Crippen LogP contribution in [0.5, 0.6) is 11.5 Å². The Hall–Kier alpha value is -4.06. The lowest BCUT2D eigenvalue weighted by Crippen LogP contribution is -2.30. The highest BCUT2D eigenvalue weighted by Gasteiger charge is 2.48. The summed E-state index contributed by atoms with van der Waals surface area (Å²) in [5, 5.41) is 11.7. The minimum atomic E-state index is -0.874. The Bertz CT molecular complexity index is 1420. The van der Waals surface area contributed by atoms with Crippen LogP contribution in [0.2, 0.25) is 0 Å². The summed E-state index contributed by atoms with van der Waals surface area (Å²) in [6.07, 6.45) is 0. The van der Waals surface area contributed by atoms with E-state index in [2.05, 4.69) is 0 Å². The average Bonchev–Trinajstić information content (AvgIpc) is 3.14. The number of aliphatic hydroxyl groups is 1. The second-order valence-corrected chi connectivity index (χ2v) is 9.69. The number of carbonyl (C=O) groups excluding carboxylic acids is 2. The van der Waals surface area contributed by atoms with E-state index in [1.54, 1.807) is 20.3 Å². The number of nitrogens with zero attached hydrogens (tertiary/aromatic N) is 1. The molecule has 0 aromatic heterocycles. The molecule has 1 fully saturated rings. The molecule has 1 saturated heterocycles. The first kappa shape index (κ1) is 26.0. The quantitative estimate of drug-likeness (QED) is 0.242. The first-order valence-corrected chi connectivity index (χ1v) is 12.3. The fourth-order valence-electron chi connectivity index (χ4n) is 4.99. The van der Waals surface area contributed by atoms with Crippen molar-refractivity contribution in [1.82, 2.24) is 0 Å². The van der Waals surface area contributed by atoms with Gasteiger partial charge in [-0.25, -0.2) is 0 Å². The van der Waals surface area contributed by atoms with Crippen LogP contribution in [0.4, 0.5) is 5.69 Å². The normalized spacial score (nSPS) is 17.0. The van der Waals surface area contributed by atoms with Crippen LogP contribution in [-0.4, -0.2) is 31.0 Å². The predicted molar refractivity (Wildman–Crippen MR) is 146 cm³/mol. The van der Waals surface area contributed by atoms with Crippen LogP contribution in [0.25, 0.3) is 5.76 Å². The zero-order chi connectivity index (χ0) is 27.0. The molecule has 6 nitrogen and oxygen atoms in total. The maximum atomic E-state index is 13.7. The van der Waals surface area contributed by atoms with E-state index in [-0.39, 0.29) is 17.3 Å². The van der Waals surface area contributed by atoms with Crippen molar-refractivity contribution in [2.24, 2.45) is 0 Å². The monoisotopic (exact) mass is 499 g/mol. The number of ketones is 1. The second kappa shape index (κ2) is 10.1. The van der Waals surface area contributed by atoms with Crippen LogP contribution in [0.15, 0.2) is 60.2 Å². The predicted octanol–water partition coefficient (Wildman–Crippen LogP) is 6.38. The number of aliphatic hydroxyl groups excluding tert-OH is 1. The van der Waals surface area contributed by atoms with Gasteiger partial charge in [-0.2, -0.15) is 0 Å². The molecule has 3 aromatic carbocycles. The van der Waals surface area contributed by atoms with Gasteiger partial charge in [0.05, 0.1) is 25.8 Å². The van der Waals surface area contributed by atoms with Gasteiger partial charge >= 0.3 is 0 Å². The summed E-state index contributed by atoms with van der Waals surface area (Å²) in [7, 11) is 3.16. The van der Waals surface area contributed by atoms with Crippen molar-refractivity contribution in [1.29, 1.82) is 0 Å². The third-order valence-corrected chi connectivity index (χ3v) is 7.17. The molecule has 3 aromatic rings. The lowest BCUT2D eigenvalue weighted by Gasteiger charge is -2.28. The van der Waals surface area contributed by atoms with Gasteiger partial charge < -0.3 is 14.6 Å². The molecule has 0 bridgehead atoms. The highest BCUT2D eigenvalue weighted by Crippen LogP contribution is 2.46. The summed E-state index contributed by atoms with van der Waals surface area (Å²) in [6.45, 7) is 9.80. The number of ether oxygens (including phenoxy) is 2. The van der Waals surface area contributed by atoms with Crippen molar-refractivity contribution in [3.8, 4) is 11.5 Å². The van der Waals surface area contributed by atoms with Gasteiger partial charge in [-0.3, -0.25) is 14.5 Å². The zero-order valence-electron chi connectivity index (χ0n) is 22.4. The molecule has 1 N–H and O–H groups in total. The highest BCUT2D eigenvalue weighted by molar-refractivity contribution is 6.51. The van der Waals surface area contributed by atoms with Crippen molar-refractivity contribution in [3.63, 3.8) is 0 Å². The number of para-hydroxylation sites is 1. The highest BCUT2D eigenvalue weighted by atomic mass is 16.5. The van der Waals surface area contributed by atoms with E-state index >= 15 is 0 Å². The largest absolute Gasteiger partial charge is 0.507 e. The Labute approximate surface area is 218 Å². The topological polar surface area (TPSA) is 76.1 Å². The standard InChI is InChI=1S/C31H33NO5/c1-17(2)22-16-23(19(4)15-26(22)37-7)29(33)27-28(21-12-8-9-14-25(21)36-6)32(31(35)30(27)34)24-13-10-11-18(3)20(24)5/h8-17,28,33H,1-7H3/b29-27+. The first-order valence-electron chi connectivity index (χ1n) is 12.3. The molecule has 6 heteroatoms. The number of rotatable bonds is 6. The number of Topliss-reactive ketones (excluding diaryl/α,β-unsaturated/α-hetero) is 1. The minimum absolute atomic E-state index is 0.0263. The van der Waals surface area contributed by atoms with Crippen molar-refractivity contribution >= 4 is 23.1 Å². The Morgan fingerprint density at radius 3 is 2.22 bits per heavy atom. The van der Waals surface area contributed by atoms with Gasteiger partial charge in [0.1, 0.15) is 17.3 Å². The fourth-order valence-corrected chi connectivity index (χ4v) is 4.99. The lowest BCUT2D eigenvalue weighted by molar-refractivity contribution is -0.132. The number of hydrogen-bond donors (Lipinski definition) is 1. The molecular formula is C31H33NO5. The van der Waals surface area contributed by atoms with E-state index < -0.39 is 17.7 Å². The number of carbonyl (C=O) groups is 2. The molecule has 0 saturated carbocycles. The van der Waals surface area contributed by atoms with E-state index in [1.807, 2.05) is 83.1 Å². The molecule has 1 atom stereocenters. The number of aryl methyl sites for hydroxylation is 2. The van der Waals surface area contributed by atoms with Crippen molar-refractivity contribution in [3.05, 3.63) is 93.6 Å². The number of hydrogen-bond acceptors (Lipinski definition) is 5. The summed E-state index contributed by atoms with van der Waals surface area (Å²) in [4.78, 5) is 28.8. The van der Waals surface area contributed by atoms with Crippen LogP contribution >= 0.6 is 0 Å². The van der Waals surface area contributed by atoms with E-state index in [4.69, 9.17) is 9.47 Å². The smallest absolute Gasteiger partial charge is 0.300 e. The van der Waals surface area contributed by atoms with E-state index in [0.717, 1.165) is 22.3 Å². The van der Waals surface area contributed by atoms with Crippen molar-refractivity contribution in [2.45, 2.75) is 46.6 Å². The molecular weight excluding hydrogens is 466 g/mol. The Morgan fingerprint density at radius 2 is 1.57 bits per heavy atom. The molecule has 37 heavy (non-hydrogen) atoms. The van der Waals surface area contributed by atoms with Gasteiger partial charge in [0.2, 0.25) is 0 Å². The number of methoxy groups -OCH3 is 2. The summed E-state index contributed by atoms with van der Waals surface area (Å²) >= 11 is 0. The third kappa shape index (κ3) is 4.37.